The summed E-state index contributed by atoms with van der Waals surface area (Å²) in [6.07, 6.45) is -2.80. The highest BCUT2D eigenvalue weighted by Gasteiger charge is 2.29. The smallest absolute Gasteiger partial charge is 0.252 e. The first-order chi connectivity index (χ1) is 10.3. The summed E-state index contributed by atoms with van der Waals surface area (Å²) in [5.41, 5.74) is 0. The summed E-state index contributed by atoms with van der Waals surface area (Å²) in [7, 11) is 0. The van der Waals surface area contributed by atoms with Gasteiger partial charge in [-0.1, -0.05) is 39.5 Å². The lowest BCUT2D eigenvalue weighted by atomic mass is 10.0. The zero-order valence-electron chi connectivity index (χ0n) is 13.8. The van der Waals surface area contributed by atoms with Crippen molar-refractivity contribution in [2.45, 2.75) is 58.8 Å². The van der Waals surface area contributed by atoms with Crippen molar-refractivity contribution in [3.63, 3.8) is 0 Å². The number of carbonyl (C=O) groups is 2. The zero-order chi connectivity index (χ0) is 17.1. The third kappa shape index (κ3) is 9.50. The van der Waals surface area contributed by atoms with E-state index < -0.39 is 23.9 Å². The minimum absolute atomic E-state index is 0.0767. The van der Waals surface area contributed by atoms with Crippen molar-refractivity contribution >= 4 is 11.7 Å². The fourth-order valence-electron chi connectivity index (χ4n) is 1.61. The molecule has 0 aliphatic carbocycles. The molecule has 0 heterocycles. The highest BCUT2D eigenvalue weighted by Crippen LogP contribution is 2.02. The number of aliphatic hydroxyl groups excluding tert-OH is 2. The topological polar surface area (TPSA) is 98.7 Å². The average Bonchev–Trinajstić information content (AvgIpc) is 2.45. The highest BCUT2D eigenvalue weighted by atomic mass is 16.3. The van der Waals surface area contributed by atoms with E-state index in [1.165, 1.54) is 0 Å². The van der Waals surface area contributed by atoms with Gasteiger partial charge in [-0.05, 0) is 13.0 Å². The Labute approximate surface area is 132 Å². The SMILES string of the molecule is CC(C)C#CCNC(=O)[C@H](O)[C@@H](O)C(=O)CCCNC(C)C. The number of hydrogen-bond acceptors (Lipinski definition) is 5. The molecule has 0 spiro atoms. The number of carbonyl (C=O) groups excluding carboxylic acids is 2. The van der Waals surface area contributed by atoms with E-state index in [1.807, 2.05) is 27.7 Å². The van der Waals surface area contributed by atoms with Crippen molar-refractivity contribution in [3.05, 3.63) is 0 Å². The normalized spacial score (nSPS) is 13.5. The number of rotatable bonds is 9. The second-order valence-corrected chi connectivity index (χ2v) is 5.76. The third-order valence-corrected chi connectivity index (χ3v) is 2.79. The molecule has 0 fully saturated rings. The van der Waals surface area contributed by atoms with Crippen LogP contribution in [0, 0.1) is 17.8 Å². The molecule has 0 aromatic carbocycles. The Bertz CT molecular complexity index is 410. The van der Waals surface area contributed by atoms with Crippen LogP contribution >= 0.6 is 0 Å². The maximum Gasteiger partial charge on any atom is 0.252 e. The Morgan fingerprint density at radius 2 is 1.73 bits per heavy atom. The van der Waals surface area contributed by atoms with Crippen LogP contribution in [0.4, 0.5) is 0 Å². The molecule has 0 bridgehead atoms. The molecule has 1 amide bonds. The molecule has 0 aromatic rings. The number of Topliss-reactive ketones (excluding diaryl/α,β-unsaturated/α-hetero) is 1. The summed E-state index contributed by atoms with van der Waals surface area (Å²) < 4.78 is 0. The van der Waals surface area contributed by atoms with E-state index >= 15 is 0 Å². The minimum atomic E-state index is -1.76. The van der Waals surface area contributed by atoms with Crippen molar-refractivity contribution in [1.29, 1.82) is 0 Å². The molecule has 126 valence electrons. The maximum absolute atomic E-state index is 11.7. The molecule has 0 aromatic heterocycles. The fourth-order valence-corrected chi connectivity index (χ4v) is 1.61. The van der Waals surface area contributed by atoms with Crippen LogP contribution in [0.15, 0.2) is 0 Å². The molecule has 0 saturated heterocycles. The highest BCUT2D eigenvalue weighted by molar-refractivity contribution is 5.91. The van der Waals surface area contributed by atoms with Gasteiger partial charge in [0.15, 0.2) is 11.9 Å². The standard InChI is InChI=1S/C16H28N2O4/c1-11(2)7-5-10-18-16(22)15(21)14(20)13(19)8-6-9-17-12(3)4/h11-12,14-15,17,20-21H,6,8-10H2,1-4H3,(H,18,22)/t14-,15+/m0/s1. The van der Waals surface area contributed by atoms with E-state index in [2.05, 4.69) is 22.5 Å². The molecule has 0 radical (unpaired) electrons. The second kappa shape index (κ2) is 11.2. The molecule has 0 aliphatic heterocycles. The van der Waals surface area contributed by atoms with Crippen molar-refractivity contribution < 1.29 is 19.8 Å². The predicted molar refractivity (Wildman–Crippen MR) is 85.0 cm³/mol. The molecule has 0 aliphatic rings. The zero-order valence-corrected chi connectivity index (χ0v) is 13.8. The van der Waals surface area contributed by atoms with Gasteiger partial charge in [0.1, 0.15) is 6.10 Å². The first-order valence-electron chi connectivity index (χ1n) is 7.64. The largest absolute Gasteiger partial charge is 0.382 e. The lowest BCUT2D eigenvalue weighted by molar-refractivity contribution is -0.144. The number of amides is 1. The van der Waals surface area contributed by atoms with Gasteiger partial charge < -0.3 is 20.8 Å². The van der Waals surface area contributed by atoms with Crippen LogP contribution in [0.3, 0.4) is 0 Å². The van der Waals surface area contributed by atoms with Crippen LogP contribution in [-0.2, 0) is 9.59 Å². The first-order valence-corrected chi connectivity index (χ1v) is 7.64. The van der Waals surface area contributed by atoms with Crippen LogP contribution in [0.2, 0.25) is 0 Å². The summed E-state index contributed by atoms with van der Waals surface area (Å²) in [5, 5.41) is 24.9. The Hall–Kier alpha value is -1.42. The summed E-state index contributed by atoms with van der Waals surface area (Å²) in [6, 6.07) is 0.323. The fraction of sp³-hybridized carbons (Fsp3) is 0.750. The van der Waals surface area contributed by atoms with Crippen LogP contribution in [0.5, 0.6) is 0 Å². The number of aliphatic hydroxyl groups is 2. The quantitative estimate of drug-likeness (QED) is 0.350. The molecule has 22 heavy (non-hydrogen) atoms. The van der Waals surface area contributed by atoms with Gasteiger partial charge in [-0.15, -0.1) is 0 Å². The predicted octanol–water partition coefficient (Wildman–Crippen LogP) is -0.169. The van der Waals surface area contributed by atoms with Crippen LogP contribution in [0.25, 0.3) is 0 Å². The molecule has 0 saturated carbocycles. The van der Waals surface area contributed by atoms with E-state index in [9.17, 15) is 19.8 Å². The summed E-state index contributed by atoms with van der Waals surface area (Å²) >= 11 is 0. The van der Waals surface area contributed by atoms with Gasteiger partial charge in [-0.25, -0.2) is 0 Å². The Kier molecular flexibility index (Phi) is 10.5. The number of nitrogens with one attached hydrogen (secondary N) is 2. The average molecular weight is 312 g/mol. The van der Waals surface area contributed by atoms with Crippen molar-refractivity contribution in [3.8, 4) is 11.8 Å². The molecule has 4 N–H and O–H groups in total. The minimum Gasteiger partial charge on any atom is -0.382 e. The van der Waals surface area contributed by atoms with E-state index in [0.29, 0.717) is 19.0 Å². The van der Waals surface area contributed by atoms with Gasteiger partial charge in [0.25, 0.3) is 5.91 Å². The van der Waals surface area contributed by atoms with Crippen molar-refractivity contribution in [2.24, 2.45) is 5.92 Å². The third-order valence-electron chi connectivity index (χ3n) is 2.79. The van der Waals surface area contributed by atoms with Gasteiger partial charge in [-0.2, -0.15) is 0 Å². The number of hydrogen-bond donors (Lipinski definition) is 4. The van der Waals surface area contributed by atoms with E-state index in [1.54, 1.807) is 0 Å². The van der Waals surface area contributed by atoms with Crippen molar-refractivity contribution in [1.82, 2.24) is 10.6 Å². The first kappa shape index (κ1) is 20.6. The molecule has 2 atom stereocenters. The van der Waals surface area contributed by atoms with E-state index in [4.69, 9.17) is 0 Å². The maximum atomic E-state index is 11.7. The summed E-state index contributed by atoms with van der Waals surface area (Å²) in [6.45, 7) is 8.54. The van der Waals surface area contributed by atoms with Gasteiger partial charge in [0, 0.05) is 18.4 Å². The molecule has 0 rings (SSSR count). The lowest BCUT2D eigenvalue weighted by Crippen LogP contribution is -2.45. The summed E-state index contributed by atoms with van der Waals surface area (Å²) in [4.78, 5) is 23.3. The van der Waals surface area contributed by atoms with Gasteiger partial charge >= 0.3 is 0 Å². The van der Waals surface area contributed by atoms with Gasteiger partial charge in [-0.3, -0.25) is 9.59 Å². The molecule has 6 heteroatoms. The van der Waals surface area contributed by atoms with Crippen LogP contribution < -0.4 is 10.6 Å². The molecular weight excluding hydrogens is 284 g/mol. The second-order valence-electron chi connectivity index (χ2n) is 5.76. The van der Waals surface area contributed by atoms with Gasteiger partial charge in [0.05, 0.1) is 6.54 Å². The molecule has 0 unspecified atom stereocenters. The van der Waals surface area contributed by atoms with E-state index in [0.717, 1.165) is 0 Å². The molecular formula is C16H28N2O4. The van der Waals surface area contributed by atoms with Gasteiger partial charge in [0.2, 0.25) is 0 Å². The Morgan fingerprint density at radius 1 is 1.09 bits per heavy atom. The number of ketones is 1. The Balaban J connectivity index is 4.12. The van der Waals surface area contributed by atoms with Crippen molar-refractivity contribution in [2.75, 3.05) is 13.1 Å². The van der Waals surface area contributed by atoms with Crippen LogP contribution in [0.1, 0.15) is 40.5 Å². The summed E-state index contributed by atoms with van der Waals surface area (Å²) in [5.74, 6) is 4.43. The molecule has 6 nitrogen and oxygen atoms in total. The monoisotopic (exact) mass is 312 g/mol. The van der Waals surface area contributed by atoms with Crippen LogP contribution in [-0.4, -0.2) is 53.2 Å². The lowest BCUT2D eigenvalue weighted by Gasteiger charge is -2.16. The Morgan fingerprint density at radius 3 is 2.27 bits per heavy atom. The van der Waals surface area contributed by atoms with E-state index in [-0.39, 0.29) is 18.9 Å².